The van der Waals surface area contributed by atoms with Gasteiger partial charge in [0, 0.05) is 29.7 Å². The van der Waals surface area contributed by atoms with Gasteiger partial charge in [0.05, 0.1) is 0 Å². The van der Waals surface area contributed by atoms with Crippen LogP contribution < -0.4 is 16.4 Å². The van der Waals surface area contributed by atoms with Crippen molar-refractivity contribution in [3.05, 3.63) is 71.7 Å². The number of hydrogen-bond donors (Lipinski definition) is 3. The van der Waals surface area contributed by atoms with Crippen LogP contribution in [0.1, 0.15) is 24.5 Å². The highest BCUT2D eigenvalue weighted by atomic mass is 19.1. The molecule has 3 rings (SSSR count). The number of anilines is 4. The topological polar surface area (TPSA) is 75.9 Å². The maximum Gasteiger partial charge on any atom is 0.229 e. The third-order valence-electron chi connectivity index (χ3n) is 3.81. The van der Waals surface area contributed by atoms with Crippen molar-refractivity contribution in [1.29, 1.82) is 0 Å². The third kappa shape index (κ3) is 5.28. The van der Waals surface area contributed by atoms with Gasteiger partial charge in [-0.15, -0.1) is 0 Å². The molecule has 138 valence electrons. The van der Waals surface area contributed by atoms with Gasteiger partial charge < -0.3 is 16.4 Å². The smallest absolute Gasteiger partial charge is 0.229 e. The molecule has 0 fully saturated rings. The largest absolute Gasteiger partial charge is 0.399 e. The Kier molecular flexibility index (Phi) is 5.99. The number of halogens is 1. The Balaban J connectivity index is 1.84. The summed E-state index contributed by atoms with van der Waals surface area (Å²) in [7, 11) is 0. The molecule has 0 unspecified atom stereocenters. The Hall–Kier alpha value is -3.41. The molecule has 4 N–H and O–H groups in total. The summed E-state index contributed by atoms with van der Waals surface area (Å²) in [5.74, 6) is 0.803. The fraction of sp³-hybridized carbons (Fsp3) is 0.143. The van der Waals surface area contributed by atoms with E-state index in [0.29, 0.717) is 23.1 Å². The van der Waals surface area contributed by atoms with Crippen LogP contribution in [-0.4, -0.2) is 16.5 Å². The maximum atomic E-state index is 13.4. The van der Waals surface area contributed by atoms with E-state index < -0.39 is 0 Å². The number of hydrogen-bond acceptors (Lipinski definition) is 5. The highest BCUT2D eigenvalue weighted by molar-refractivity contribution is 5.76. The molecule has 27 heavy (non-hydrogen) atoms. The van der Waals surface area contributed by atoms with E-state index >= 15 is 0 Å². The van der Waals surface area contributed by atoms with Crippen molar-refractivity contribution in [2.75, 3.05) is 22.9 Å². The van der Waals surface area contributed by atoms with Gasteiger partial charge in [0.2, 0.25) is 5.95 Å². The highest BCUT2D eigenvalue weighted by Crippen LogP contribution is 2.20. The van der Waals surface area contributed by atoms with E-state index in [1.807, 2.05) is 36.4 Å². The third-order valence-corrected chi connectivity index (χ3v) is 3.81. The average molecular weight is 363 g/mol. The number of nitrogens with two attached hydrogens (primary N) is 1. The minimum Gasteiger partial charge on any atom is -0.399 e. The molecular formula is C21H22FN5. The molecule has 0 saturated heterocycles. The zero-order chi connectivity index (χ0) is 19.1. The Labute approximate surface area is 158 Å². The molecule has 0 aliphatic heterocycles. The molecule has 5 nitrogen and oxygen atoms in total. The molecule has 0 aliphatic carbocycles. The minimum atomic E-state index is -0.314. The highest BCUT2D eigenvalue weighted by Gasteiger charge is 2.06. The standard InChI is InChI=1S/C21H22FN5/c1-2-11-24-20-16(10-9-15-5-3-7-18(23)12-15)14-25-21(27-20)26-19-8-4-6-17(22)13-19/h3-10,12-14H,2,11,23H2,1H3,(H2,24,25,26,27). The van der Waals surface area contributed by atoms with Gasteiger partial charge in [-0.25, -0.2) is 9.37 Å². The van der Waals surface area contributed by atoms with Crippen molar-refractivity contribution in [2.24, 2.45) is 0 Å². The molecule has 3 aromatic rings. The summed E-state index contributed by atoms with van der Waals surface area (Å²) < 4.78 is 13.4. The predicted octanol–water partition coefficient (Wildman–Crippen LogP) is 4.93. The molecule has 0 bridgehead atoms. The fourth-order valence-corrected chi connectivity index (χ4v) is 2.50. The van der Waals surface area contributed by atoms with Crippen molar-refractivity contribution in [3.63, 3.8) is 0 Å². The van der Waals surface area contributed by atoms with Gasteiger partial charge in [0.25, 0.3) is 0 Å². The molecule has 1 aromatic heterocycles. The van der Waals surface area contributed by atoms with Crippen molar-refractivity contribution >= 4 is 35.3 Å². The molecule has 0 saturated carbocycles. The number of nitrogens with zero attached hydrogens (tertiary/aromatic N) is 2. The maximum absolute atomic E-state index is 13.4. The lowest BCUT2D eigenvalue weighted by Crippen LogP contribution is -2.07. The summed E-state index contributed by atoms with van der Waals surface area (Å²) in [5, 5.41) is 6.33. The van der Waals surface area contributed by atoms with Gasteiger partial charge in [0.1, 0.15) is 11.6 Å². The van der Waals surface area contributed by atoms with Crippen molar-refractivity contribution in [1.82, 2.24) is 9.97 Å². The van der Waals surface area contributed by atoms with Crippen LogP contribution in [-0.2, 0) is 0 Å². The lowest BCUT2D eigenvalue weighted by molar-refractivity contribution is 0.628. The average Bonchev–Trinajstić information content (AvgIpc) is 2.65. The molecule has 0 amide bonds. The van der Waals surface area contributed by atoms with Gasteiger partial charge in [-0.2, -0.15) is 4.98 Å². The molecule has 0 spiro atoms. The molecule has 6 heteroatoms. The van der Waals surface area contributed by atoms with E-state index in [1.54, 1.807) is 18.3 Å². The van der Waals surface area contributed by atoms with Gasteiger partial charge in [-0.1, -0.05) is 31.2 Å². The van der Waals surface area contributed by atoms with Crippen molar-refractivity contribution in [2.45, 2.75) is 13.3 Å². The van der Waals surface area contributed by atoms with Gasteiger partial charge in [-0.3, -0.25) is 0 Å². The number of nitrogen functional groups attached to an aromatic ring is 1. The summed E-state index contributed by atoms with van der Waals surface area (Å²) in [6.45, 7) is 2.87. The lowest BCUT2D eigenvalue weighted by atomic mass is 10.1. The van der Waals surface area contributed by atoms with Crippen molar-refractivity contribution in [3.8, 4) is 0 Å². The molecule has 0 atom stereocenters. The predicted molar refractivity (Wildman–Crippen MR) is 110 cm³/mol. The number of benzene rings is 2. The zero-order valence-electron chi connectivity index (χ0n) is 15.1. The Morgan fingerprint density at radius 3 is 2.74 bits per heavy atom. The van der Waals surface area contributed by atoms with Crippen LogP contribution in [0.2, 0.25) is 0 Å². The first kappa shape index (κ1) is 18.4. The van der Waals surface area contributed by atoms with Crippen LogP contribution >= 0.6 is 0 Å². The van der Waals surface area contributed by atoms with Gasteiger partial charge in [-0.05, 0) is 48.4 Å². The number of aromatic nitrogens is 2. The second-order valence-corrected chi connectivity index (χ2v) is 6.06. The normalized spacial score (nSPS) is 10.9. The van der Waals surface area contributed by atoms with Crippen LogP contribution in [0.25, 0.3) is 12.2 Å². The second kappa shape index (κ2) is 8.80. The van der Waals surface area contributed by atoms with Gasteiger partial charge in [0.15, 0.2) is 0 Å². The Bertz CT molecular complexity index is 939. The van der Waals surface area contributed by atoms with E-state index in [0.717, 1.165) is 24.1 Å². The first-order chi connectivity index (χ1) is 13.1. The molecule has 0 radical (unpaired) electrons. The van der Waals surface area contributed by atoms with Crippen molar-refractivity contribution < 1.29 is 4.39 Å². The Morgan fingerprint density at radius 1 is 1.11 bits per heavy atom. The van der Waals surface area contributed by atoms with Crippen LogP contribution in [0.5, 0.6) is 0 Å². The molecular weight excluding hydrogens is 341 g/mol. The van der Waals surface area contributed by atoms with E-state index in [9.17, 15) is 4.39 Å². The lowest BCUT2D eigenvalue weighted by Gasteiger charge is -2.11. The van der Waals surface area contributed by atoms with Crippen LogP contribution in [0.4, 0.5) is 27.5 Å². The molecule has 0 aliphatic rings. The van der Waals surface area contributed by atoms with E-state index in [4.69, 9.17) is 5.73 Å². The summed E-state index contributed by atoms with van der Waals surface area (Å²) in [6.07, 6.45) is 6.61. The van der Waals surface area contributed by atoms with Crippen LogP contribution in [0.15, 0.2) is 54.7 Å². The summed E-state index contributed by atoms with van der Waals surface area (Å²) >= 11 is 0. The summed E-state index contributed by atoms with van der Waals surface area (Å²) in [6, 6.07) is 13.8. The van der Waals surface area contributed by atoms with Gasteiger partial charge >= 0.3 is 0 Å². The van der Waals surface area contributed by atoms with E-state index in [2.05, 4.69) is 27.5 Å². The molecule has 1 heterocycles. The monoisotopic (exact) mass is 363 g/mol. The first-order valence-corrected chi connectivity index (χ1v) is 8.81. The van der Waals surface area contributed by atoms with E-state index in [-0.39, 0.29) is 5.82 Å². The van der Waals surface area contributed by atoms with Crippen LogP contribution in [0.3, 0.4) is 0 Å². The summed E-state index contributed by atoms with van der Waals surface area (Å²) in [5.41, 5.74) is 8.99. The minimum absolute atomic E-state index is 0.314. The SMILES string of the molecule is CCCNc1nc(Nc2cccc(F)c2)ncc1C=Cc1cccc(N)c1. The number of nitrogens with one attached hydrogen (secondary N) is 2. The summed E-state index contributed by atoms with van der Waals surface area (Å²) in [4.78, 5) is 8.87. The first-order valence-electron chi connectivity index (χ1n) is 8.81. The Morgan fingerprint density at radius 2 is 1.96 bits per heavy atom. The van der Waals surface area contributed by atoms with E-state index in [1.165, 1.54) is 12.1 Å². The molecule has 2 aromatic carbocycles. The zero-order valence-corrected chi connectivity index (χ0v) is 15.1. The van der Waals surface area contributed by atoms with Crippen LogP contribution in [0, 0.1) is 5.82 Å². The quantitative estimate of drug-likeness (QED) is 0.519. The second-order valence-electron chi connectivity index (χ2n) is 6.06. The number of rotatable bonds is 7. The fourth-order valence-electron chi connectivity index (χ4n) is 2.50.